The summed E-state index contributed by atoms with van der Waals surface area (Å²) in [5.74, 6) is -0.700. The molecule has 0 saturated heterocycles. The van der Waals surface area contributed by atoms with E-state index >= 15 is 0 Å². The molecule has 0 bridgehead atoms. The molecule has 1 aromatic heterocycles. The van der Waals surface area contributed by atoms with Gasteiger partial charge < -0.3 is 9.84 Å². The third-order valence-corrected chi connectivity index (χ3v) is 5.31. The van der Waals surface area contributed by atoms with Crippen LogP contribution in [0.1, 0.15) is 81.1 Å². The van der Waals surface area contributed by atoms with Crippen LogP contribution in [0, 0.1) is 13.8 Å². The van der Waals surface area contributed by atoms with E-state index in [0.29, 0.717) is 11.1 Å². The van der Waals surface area contributed by atoms with Gasteiger partial charge in [-0.3, -0.25) is 4.79 Å². The van der Waals surface area contributed by atoms with Gasteiger partial charge in [0, 0.05) is 15.3 Å². The summed E-state index contributed by atoms with van der Waals surface area (Å²) in [5.41, 5.74) is 2.36. The number of ketones is 1. The molecule has 4 nitrogen and oxygen atoms in total. The molecule has 0 spiro atoms. The Morgan fingerprint density at radius 2 is 1.69 bits per heavy atom. The van der Waals surface area contributed by atoms with Gasteiger partial charge in [0.1, 0.15) is 11.3 Å². The average Bonchev–Trinajstić information content (AvgIpc) is 2.90. The number of benzene rings is 1. The third-order valence-electron chi connectivity index (χ3n) is 4.35. The van der Waals surface area contributed by atoms with Crippen molar-refractivity contribution < 1.29 is 19.4 Å². The van der Waals surface area contributed by atoms with Crippen molar-refractivity contribution in [1.29, 1.82) is 0 Å². The molecule has 1 N–H and O–H groups in total. The van der Waals surface area contributed by atoms with E-state index in [1.54, 1.807) is 6.07 Å². The minimum absolute atomic E-state index is 0.0654. The zero-order valence-corrected chi connectivity index (χ0v) is 17.0. The Morgan fingerprint density at radius 3 is 2.19 bits per heavy atom. The smallest absolute Gasteiger partial charge is 0.342 e. The van der Waals surface area contributed by atoms with Gasteiger partial charge in [0.05, 0.1) is 0 Å². The van der Waals surface area contributed by atoms with Crippen LogP contribution in [0.5, 0.6) is 5.75 Å². The van der Waals surface area contributed by atoms with Gasteiger partial charge in [0.25, 0.3) is 0 Å². The number of aryl methyl sites for hydroxylation is 2. The van der Waals surface area contributed by atoms with Crippen LogP contribution in [0.25, 0.3) is 0 Å². The van der Waals surface area contributed by atoms with E-state index in [-0.39, 0.29) is 35.5 Å². The fraction of sp³-hybridized carbons (Fsp3) is 0.429. The summed E-state index contributed by atoms with van der Waals surface area (Å²) < 4.78 is 5.22. The molecule has 0 aliphatic carbocycles. The van der Waals surface area contributed by atoms with Crippen LogP contribution in [0.2, 0.25) is 0 Å². The van der Waals surface area contributed by atoms with Gasteiger partial charge in [-0.25, -0.2) is 4.79 Å². The number of Topliss-reactive ketones (excluding diaryl/α,β-unsaturated/α-hetero) is 1. The van der Waals surface area contributed by atoms with Crippen molar-refractivity contribution in [1.82, 2.24) is 0 Å². The summed E-state index contributed by atoms with van der Waals surface area (Å²) in [6.07, 6.45) is 0. The van der Waals surface area contributed by atoms with E-state index in [1.807, 2.05) is 53.7 Å². The molecule has 140 valence electrons. The number of rotatable bonds is 6. The molecule has 0 aliphatic heterocycles. The molecule has 0 amide bonds. The van der Waals surface area contributed by atoms with E-state index in [2.05, 4.69) is 0 Å². The number of phenolic OH excluding ortho intramolecular Hbond substituents is 1. The number of hydrogen-bond donors (Lipinski definition) is 1. The van der Waals surface area contributed by atoms with Gasteiger partial charge in [-0.2, -0.15) is 0 Å². The van der Waals surface area contributed by atoms with Crippen LogP contribution in [0.4, 0.5) is 0 Å². The fourth-order valence-electron chi connectivity index (χ4n) is 2.80. The molecule has 0 atom stereocenters. The summed E-state index contributed by atoms with van der Waals surface area (Å²) in [4.78, 5) is 26.8. The first-order chi connectivity index (χ1) is 12.1. The Balaban J connectivity index is 2.23. The second kappa shape index (κ2) is 8.04. The van der Waals surface area contributed by atoms with Crippen molar-refractivity contribution in [3.05, 3.63) is 50.2 Å². The monoisotopic (exact) mass is 374 g/mol. The van der Waals surface area contributed by atoms with Crippen LogP contribution < -0.4 is 0 Å². The van der Waals surface area contributed by atoms with Crippen LogP contribution in [-0.2, 0) is 4.74 Å². The number of carbonyl (C=O) groups is 2. The Labute approximate surface area is 158 Å². The molecule has 0 fully saturated rings. The number of hydrogen-bond acceptors (Lipinski definition) is 5. The Hall–Kier alpha value is -2.14. The van der Waals surface area contributed by atoms with E-state index in [0.717, 1.165) is 15.3 Å². The highest BCUT2D eigenvalue weighted by Gasteiger charge is 2.22. The number of esters is 1. The molecule has 0 saturated carbocycles. The van der Waals surface area contributed by atoms with Gasteiger partial charge in [-0.15, -0.1) is 11.3 Å². The highest BCUT2D eigenvalue weighted by molar-refractivity contribution is 7.12. The number of phenols is 1. The van der Waals surface area contributed by atoms with E-state index in [9.17, 15) is 14.7 Å². The molecule has 2 rings (SSSR count). The highest BCUT2D eigenvalue weighted by Crippen LogP contribution is 2.33. The molecule has 5 heteroatoms. The lowest BCUT2D eigenvalue weighted by atomic mass is 9.92. The van der Waals surface area contributed by atoms with Crippen molar-refractivity contribution in [2.45, 2.75) is 53.4 Å². The number of aromatic hydroxyl groups is 1. The minimum atomic E-state index is -0.676. The molecule has 0 aliphatic rings. The largest absolute Gasteiger partial charge is 0.507 e. The summed E-state index contributed by atoms with van der Waals surface area (Å²) in [5, 5.41) is 10.5. The Morgan fingerprint density at radius 1 is 1.04 bits per heavy atom. The topological polar surface area (TPSA) is 63.6 Å². The van der Waals surface area contributed by atoms with Crippen molar-refractivity contribution in [3.63, 3.8) is 0 Å². The SMILES string of the molecule is Cc1cc(C(=O)COC(=O)c2cc(C(C)C)cc(C(C)C)c2O)c(C)s1. The van der Waals surface area contributed by atoms with E-state index in [4.69, 9.17) is 4.74 Å². The molecule has 0 unspecified atom stereocenters. The maximum Gasteiger partial charge on any atom is 0.342 e. The van der Waals surface area contributed by atoms with Crippen LogP contribution in [-0.4, -0.2) is 23.5 Å². The van der Waals surface area contributed by atoms with E-state index < -0.39 is 5.97 Å². The van der Waals surface area contributed by atoms with Crippen molar-refractivity contribution >= 4 is 23.1 Å². The summed E-state index contributed by atoms with van der Waals surface area (Å²) in [6.45, 7) is 11.4. The van der Waals surface area contributed by atoms with Crippen molar-refractivity contribution in [3.8, 4) is 5.75 Å². The molecule has 1 aromatic carbocycles. The maximum atomic E-state index is 12.5. The van der Waals surface area contributed by atoms with Gasteiger partial charge in [-0.1, -0.05) is 33.8 Å². The predicted octanol–water partition coefficient (Wildman–Crippen LogP) is 5.36. The molecule has 0 radical (unpaired) electrons. The molecule has 1 heterocycles. The van der Waals surface area contributed by atoms with Gasteiger partial charge in [0.15, 0.2) is 6.61 Å². The first-order valence-corrected chi connectivity index (χ1v) is 9.57. The zero-order valence-electron chi connectivity index (χ0n) is 16.2. The molecule has 26 heavy (non-hydrogen) atoms. The predicted molar refractivity (Wildman–Crippen MR) is 105 cm³/mol. The van der Waals surface area contributed by atoms with Gasteiger partial charge in [-0.05, 0) is 48.9 Å². The Kier molecular flexibility index (Phi) is 6.24. The summed E-state index contributed by atoms with van der Waals surface area (Å²) >= 11 is 1.54. The lowest BCUT2D eigenvalue weighted by Crippen LogP contribution is -2.15. The average molecular weight is 375 g/mol. The van der Waals surface area contributed by atoms with Crippen molar-refractivity contribution in [2.75, 3.05) is 6.61 Å². The normalized spacial score (nSPS) is 11.2. The summed E-state index contributed by atoms with van der Waals surface area (Å²) in [7, 11) is 0. The first-order valence-electron chi connectivity index (χ1n) is 8.76. The fourth-order valence-corrected chi connectivity index (χ4v) is 3.75. The highest BCUT2D eigenvalue weighted by atomic mass is 32.1. The van der Waals surface area contributed by atoms with Gasteiger partial charge >= 0.3 is 5.97 Å². The zero-order chi connectivity index (χ0) is 19.6. The first kappa shape index (κ1) is 20.2. The number of ether oxygens (including phenoxy) is 1. The lowest BCUT2D eigenvalue weighted by molar-refractivity contribution is 0.0471. The molecular formula is C21H26O4S. The summed E-state index contributed by atoms with van der Waals surface area (Å²) in [6, 6.07) is 5.38. The lowest BCUT2D eigenvalue weighted by Gasteiger charge is -2.16. The van der Waals surface area contributed by atoms with Crippen molar-refractivity contribution in [2.24, 2.45) is 0 Å². The van der Waals surface area contributed by atoms with E-state index in [1.165, 1.54) is 11.3 Å². The molecule has 2 aromatic rings. The van der Waals surface area contributed by atoms with Gasteiger partial charge in [0.2, 0.25) is 5.78 Å². The minimum Gasteiger partial charge on any atom is -0.507 e. The quantitative estimate of drug-likeness (QED) is 0.546. The third kappa shape index (κ3) is 4.33. The second-order valence-corrected chi connectivity index (χ2v) is 8.60. The number of carbonyl (C=O) groups excluding carboxylic acids is 2. The van der Waals surface area contributed by atoms with Crippen LogP contribution in [0.3, 0.4) is 0 Å². The number of thiophene rings is 1. The van der Waals surface area contributed by atoms with Crippen LogP contribution in [0.15, 0.2) is 18.2 Å². The Bertz CT molecular complexity index is 831. The van der Waals surface area contributed by atoms with Crippen LogP contribution >= 0.6 is 11.3 Å². The second-order valence-electron chi connectivity index (χ2n) is 7.14. The molecular weight excluding hydrogens is 348 g/mol. The standard InChI is InChI=1S/C21H26O4S/c1-11(2)15-8-16(12(3)4)20(23)18(9-15)21(24)25-10-19(22)17-7-13(5)26-14(17)6/h7-9,11-12,23H,10H2,1-6H3. The maximum absolute atomic E-state index is 12.5.